The number of rotatable bonds is 4. The molecule has 104 valence electrons. The minimum atomic E-state index is -0.631. The largest absolute Gasteiger partial charge is 0.465 e. The third-order valence-corrected chi connectivity index (χ3v) is 3.82. The highest BCUT2D eigenvalue weighted by atomic mass is 19.1. The van der Waals surface area contributed by atoms with Crippen LogP contribution in [0.1, 0.15) is 41.6 Å². The number of carbonyl (C=O) groups excluding carboxylic acids is 1. The Balaban J connectivity index is 2.05. The smallest absolute Gasteiger partial charge is 0.340 e. The Bertz CT molecular complexity index is 455. The second-order valence-electron chi connectivity index (χ2n) is 5.16. The molecular formula is C15H20FNO2. The van der Waals surface area contributed by atoms with Gasteiger partial charge in [-0.2, -0.15) is 0 Å². The molecule has 0 heterocycles. The second kappa shape index (κ2) is 6.15. The van der Waals surface area contributed by atoms with E-state index in [1.165, 1.54) is 44.9 Å². The highest BCUT2D eigenvalue weighted by molar-refractivity contribution is 5.89. The maximum Gasteiger partial charge on any atom is 0.340 e. The molecule has 3 nitrogen and oxygen atoms in total. The zero-order valence-electron chi connectivity index (χ0n) is 11.5. The van der Waals surface area contributed by atoms with Crippen LogP contribution in [0.3, 0.4) is 0 Å². The summed E-state index contributed by atoms with van der Waals surface area (Å²) in [5.41, 5.74) is 0.884. The molecule has 1 saturated carbocycles. The van der Waals surface area contributed by atoms with E-state index in [1.807, 2.05) is 0 Å². The summed E-state index contributed by atoms with van der Waals surface area (Å²) < 4.78 is 18.3. The van der Waals surface area contributed by atoms with E-state index in [4.69, 9.17) is 0 Å². The van der Waals surface area contributed by atoms with Gasteiger partial charge in [-0.3, -0.25) is 4.90 Å². The van der Waals surface area contributed by atoms with Crippen LogP contribution in [0.15, 0.2) is 18.2 Å². The van der Waals surface area contributed by atoms with Crippen LogP contribution >= 0.6 is 0 Å². The van der Waals surface area contributed by atoms with E-state index in [0.29, 0.717) is 12.6 Å². The van der Waals surface area contributed by atoms with Crippen LogP contribution in [0.5, 0.6) is 0 Å². The van der Waals surface area contributed by atoms with Crippen molar-refractivity contribution in [2.75, 3.05) is 14.2 Å². The van der Waals surface area contributed by atoms with Crippen molar-refractivity contribution in [1.82, 2.24) is 4.90 Å². The number of halogens is 1. The summed E-state index contributed by atoms with van der Waals surface area (Å²) in [6, 6.07) is 5.32. The Labute approximate surface area is 113 Å². The number of benzene rings is 1. The van der Waals surface area contributed by atoms with Gasteiger partial charge < -0.3 is 4.74 Å². The summed E-state index contributed by atoms with van der Waals surface area (Å²) >= 11 is 0. The first-order valence-electron chi connectivity index (χ1n) is 6.69. The molecule has 19 heavy (non-hydrogen) atoms. The van der Waals surface area contributed by atoms with E-state index in [-0.39, 0.29) is 5.56 Å². The molecule has 0 amide bonds. The van der Waals surface area contributed by atoms with Crippen molar-refractivity contribution in [2.24, 2.45) is 0 Å². The topological polar surface area (TPSA) is 29.5 Å². The van der Waals surface area contributed by atoms with Gasteiger partial charge in [0.15, 0.2) is 0 Å². The van der Waals surface area contributed by atoms with E-state index in [0.717, 1.165) is 5.56 Å². The van der Waals surface area contributed by atoms with Gasteiger partial charge in [-0.15, -0.1) is 0 Å². The molecule has 0 bridgehead atoms. The number of nitrogens with zero attached hydrogens (tertiary/aromatic N) is 1. The Morgan fingerprint density at radius 1 is 1.42 bits per heavy atom. The predicted molar refractivity (Wildman–Crippen MR) is 71.5 cm³/mol. The van der Waals surface area contributed by atoms with Gasteiger partial charge in [0, 0.05) is 12.6 Å². The fourth-order valence-electron chi connectivity index (χ4n) is 2.69. The van der Waals surface area contributed by atoms with E-state index in [9.17, 15) is 9.18 Å². The summed E-state index contributed by atoms with van der Waals surface area (Å²) in [5, 5.41) is 0. The number of carbonyl (C=O) groups is 1. The highest BCUT2D eigenvalue weighted by Crippen LogP contribution is 2.24. The summed E-state index contributed by atoms with van der Waals surface area (Å²) in [6.45, 7) is 0.711. The molecule has 1 aromatic carbocycles. The molecule has 4 heteroatoms. The van der Waals surface area contributed by atoms with Gasteiger partial charge in [0.25, 0.3) is 0 Å². The van der Waals surface area contributed by atoms with E-state index in [2.05, 4.69) is 16.7 Å². The molecule has 0 atom stereocenters. The lowest BCUT2D eigenvalue weighted by Crippen LogP contribution is -2.28. The van der Waals surface area contributed by atoms with Crippen molar-refractivity contribution in [3.05, 3.63) is 35.1 Å². The van der Waals surface area contributed by atoms with Crippen LogP contribution in [0.2, 0.25) is 0 Å². The number of ether oxygens (including phenoxy) is 1. The van der Waals surface area contributed by atoms with Gasteiger partial charge in [-0.05, 0) is 37.6 Å². The van der Waals surface area contributed by atoms with Crippen molar-refractivity contribution >= 4 is 5.97 Å². The fourth-order valence-corrected chi connectivity index (χ4v) is 2.69. The number of esters is 1. The lowest BCUT2D eigenvalue weighted by atomic mass is 10.1. The average Bonchev–Trinajstić information content (AvgIpc) is 2.92. The van der Waals surface area contributed by atoms with Gasteiger partial charge in [0.1, 0.15) is 5.82 Å². The number of hydrogen-bond donors (Lipinski definition) is 0. The number of methoxy groups -OCH3 is 1. The maximum atomic E-state index is 13.8. The quantitative estimate of drug-likeness (QED) is 0.784. The molecule has 1 aromatic rings. The van der Waals surface area contributed by atoms with Crippen molar-refractivity contribution in [3.8, 4) is 0 Å². The van der Waals surface area contributed by atoms with Crippen LogP contribution in [0.25, 0.3) is 0 Å². The summed E-state index contributed by atoms with van der Waals surface area (Å²) in [4.78, 5) is 13.6. The van der Waals surface area contributed by atoms with Crippen molar-refractivity contribution in [3.63, 3.8) is 0 Å². The van der Waals surface area contributed by atoms with Crippen LogP contribution in [-0.4, -0.2) is 31.1 Å². The van der Waals surface area contributed by atoms with Crippen LogP contribution < -0.4 is 0 Å². The standard InChI is InChI=1S/C15H20FNO2/c1-17(12-5-3-4-6-12)10-11-7-8-13(14(16)9-11)15(18)19-2/h7-9,12H,3-6,10H2,1-2H3. The zero-order valence-corrected chi connectivity index (χ0v) is 11.5. The Morgan fingerprint density at radius 2 is 2.11 bits per heavy atom. The zero-order chi connectivity index (χ0) is 13.8. The van der Waals surface area contributed by atoms with E-state index in [1.54, 1.807) is 6.07 Å². The normalized spacial score (nSPS) is 16.0. The van der Waals surface area contributed by atoms with Crippen molar-refractivity contribution in [2.45, 2.75) is 38.3 Å². The first-order chi connectivity index (χ1) is 9.11. The molecule has 1 aliphatic carbocycles. The van der Waals surface area contributed by atoms with Gasteiger partial charge >= 0.3 is 5.97 Å². The van der Waals surface area contributed by atoms with Gasteiger partial charge in [0.2, 0.25) is 0 Å². The Kier molecular flexibility index (Phi) is 4.53. The molecule has 0 N–H and O–H groups in total. The molecule has 0 radical (unpaired) electrons. The van der Waals surface area contributed by atoms with E-state index < -0.39 is 11.8 Å². The Hall–Kier alpha value is -1.42. The third kappa shape index (κ3) is 3.32. The van der Waals surface area contributed by atoms with Gasteiger partial charge in [0.05, 0.1) is 12.7 Å². The summed E-state index contributed by atoms with van der Waals surface area (Å²) in [6.07, 6.45) is 5.01. The Morgan fingerprint density at radius 3 is 2.68 bits per heavy atom. The molecule has 0 saturated heterocycles. The first-order valence-corrected chi connectivity index (χ1v) is 6.69. The lowest BCUT2D eigenvalue weighted by molar-refractivity contribution is 0.0595. The fraction of sp³-hybridized carbons (Fsp3) is 0.533. The molecule has 0 spiro atoms. The molecule has 0 aliphatic heterocycles. The van der Waals surface area contributed by atoms with Gasteiger partial charge in [-0.25, -0.2) is 9.18 Å². The first kappa shape index (κ1) is 14.0. The lowest BCUT2D eigenvalue weighted by Gasteiger charge is -2.24. The molecule has 0 unspecified atom stereocenters. The minimum Gasteiger partial charge on any atom is -0.465 e. The van der Waals surface area contributed by atoms with Crippen LogP contribution in [-0.2, 0) is 11.3 Å². The van der Waals surface area contributed by atoms with E-state index >= 15 is 0 Å². The SMILES string of the molecule is COC(=O)c1ccc(CN(C)C2CCCC2)cc1F. The van der Waals surface area contributed by atoms with Crippen molar-refractivity contribution < 1.29 is 13.9 Å². The van der Waals surface area contributed by atoms with Crippen LogP contribution in [0.4, 0.5) is 4.39 Å². The van der Waals surface area contributed by atoms with Crippen LogP contribution in [0, 0.1) is 5.82 Å². The monoisotopic (exact) mass is 265 g/mol. The molecular weight excluding hydrogens is 245 g/mol. The molecule has 0 aromatic heterocycles. The second-order valence-corrected chi connectivity index (χ2v) is 5.16. The highest BCUT2D eigenvalue weighted by Gasteiger charge is 2.20. The predicted octanol–water partition coefficient (Wildman–Crippen LogP) is 2.99. The minimum absolute atomic E-state index is 0.00484. The summed E-state index contributed by atoms with van der Waals surface area (Å²) in [5.74, 6) is -1.14. The maximum absolute atomic E-state index is 13.8. The van der Waals surface area contributed by atoms with Gasteiger partial charge in [-0.1, -0.05) is 18.9 Å². The average molecular weight is 265 g/mol. The molecule has 1 aliphatic rings. The van der Waals surface area contributed by atoms with Crippen molar-refractivity contribution in [1.29, 1.82) is 0 Å². The summed E-state index contributed by atoms with van der Waals surface area (Å²) in [7, 11) is 3.33. The molecule has 2 rings (SSSR count). The third-order valence-electron chi connectivity index (χ3n) is 3.82. The molecule has 1 fully saturated rings. The number of hydrogen-bond acceptors (Lipinski definition) is 3.